The van der Waals surface area contributed by atoms with Crippen molar-refractivity contribution in [3.8, 4) is 5.75 Å². The second kappa shape index (κ2) is 6.52. The number of ether oxygens (including phenoxy) is 2. The van der Waals surface area contributed by atoms with Crippen LogP contribution in [0.1, 0.15) is 35.4 Å². The van der Waals surface area contributed by atoms with Gasteiger partial charge in [0.05, 0.1) is 37.3 Å². The summed E-state index contributed by atoms with van der Waals surface area (Å²) in [5.41, 5.74) is -0.772. The van der Waals surface area contributed by atoms with Gasteiger partial charge in [-0.3, -0.25) is 9.78 Å². The number of alkyl halides is 3. The van der Waals surface area contributed by atoms with Crippen molar-refractivity contribution in [3.05, 3.63) is 45.1 Å². The summed E-state index contributed by atoms with van der Waals surface area (Å²) in [5.74, 6) is 0.488. The van der Waals surface area contributed by atoms with E-state index >= 15 is 0 Å². The number of aromatic amines is 1. The Labute approximate surface area is 156 Å². The number of pyridine rings is 1. The van der Waals surface area contributed by atoms with Crippen LogP contribution >= 0.6 is 11.8 Å². The summed E-state index contributed by atoms with van der Waals surface area (Å²) in [7, 11) is 1.41. The first kappa shape index (κ1) is 18.3. The highest BCUT2D eigenvalue weighted by atomic mass is 32.2. The summed E-state index contributed by atoms with van der Waals surface area (Å²) in [6.07, 6.45) is -3.01. The summed E-state index contributed by atoms with van der Waals surface area (Å²) >= 11 is 1.14. The van der Waals surface area contributed by atoms with Crippen LogP contribution < -0.4 is 10.3 Å². The average molecular weight is 399 g/mol. The molecular weight excluding hydrogens is 383 g/mol. The van der Waals surface area contributed by atoms with Gasteiger partial charge in [-0.1, -0.05) is 11.8 Å². The lowest BCUT2D eigenvalue weighted by molar-refractivity contribution is -0.161. The van der Waals surface area contributed by atoms with Gasteiger partial charge in [0.15, 0.2) is 5.16 Å². The molecule has 1 fully saturated rings. The van der Waals surface area contributed by atoms with Crippen LogP contribution in [-0.2, 0) is 29.1 Å². The predicted octanol–water partition coefficient (Wildman–Crippen LogP) is 3.09. The molecule has 2 aromatic heterocycles. The number of halogens is 3. The fraction of sp³-hybridized carbons (Fsp3) is 0.471. The van der Waals surface area contributed by atoms with Gasteiger partial charge in [0.2, 0.25) is 0 Å². The van der Waals surface area contributed by atoms with Crippen molar-refractivity contribution in [3.63, 3.8) is 0 Å². The molecule has 0 atom stereocenters. The second-order valence-electron chi connectivity index (χ2n) is 6.50. The monoisotopic (exact) mass is 399 g/mol. The molecule has 0 radical (unpaired) electrons. The molecule has 0 saturated heterocycles. The zero-order valence-corrected chi connectivity index (χ0v) is 15.2. The third-order valence-corrected chi connectivity index (χ3v) is 5.80. The Morgan fingerprint density at radius 3 is 2.81 bits per heavy atom. The molecule has 0 spiro atoms. The number of rotatable bonds is 5. The molecule has 0 unspecified atom stereocenters. The maximum atomic E-state index is 13.6. The van der Waals surface area contributed by atoms with Crippen molar-refractivity contribution in [1.82, 2.24) is 15.0 Å². The molecule has 2 aromatic rings. The van der Waals surface area contributed by atoms with Crippen molar-refractivity contribution in [2.24, 2.45) is 0 Å². The maximum absolute atomic E-state index is 13.6. The number of aromatic nitrogens is 3. The second-order valence-corrected chi connectivity index (χ2v) is 7.46. The van der Waals surface area contributed by atoms with Gasteiger partial charge in [0, 0.05) is 17.5 Å². The minimum Gasteiger partial charge on any atom is -0.496 e. The molecule has 1 aliphatic heterocycles. The lowest BCUT2D eigenvalue weighted by Crippen LogP contribution is -2.31. The van der Waals surface area contributed by atoms with E-state index in [4.69, 9.17) is 9.47 Å². The van der Waals surface area contributed by atoms with Crippen molar-refractivity contribution in [2.45, 2.75) is 48.6 Å². The molecule has 0 aromatic carbocycles. The maximum Gasteiger partial charge on any atom is 0.399 e. The van der Waals surface area contributed by atoms with E-state index in [0.717, 1.165) is 11.8 Å². The zero-order valence-electron chi connectivity index (χ0n) is 14.4. The molecule has 1 aliphatic carbocycles. The zero-order chi connectivity index (χ0) is 19.2. The third kappa shape index (κ3) is 3.10. The highest BCUT2D eigenvalue weighted by Crippen LogP contribution is 2.59. The summed E-state index contributed by atoms with van der Waals surface area (Å²) in [4.78, 5) is 23.1. The molecule has 6 nitrogen and oxygen atoms in total. The topological polar surface area (TPSA) is 77.1 Å². The Balaban J connectivity index is 1.67. The van der Waals surface area contributed by atoms with Crippen LogP contribution in [0, 0.1) is 0 Å². The highest BCUT2D eigenvalue weighted by molar-refractivity contribution is 7.98. The molecule has 144 valence electrons. The number of fused-ring (bicyclic) bond motifs is 1. The lowest BCUT2D eigenvalue weighted by Gasteiger charge is -2.22. The number of hydrogen-bond donors (Lipinski definition) is 1. The van der Waals surface area contributed by atoms with E-state index in [-0.39, 0.29) is 43.1 Å². The smallest absolute Gasteiger partial charge is 0.399 e. The largest absolute Gasteiger partial charge is 0.496 e. The SMILES string of the molecule is COc1ccnc(C2(C(F)(F)F)CC2)c1CSc1nc2c(c(=O)[nH]1)COC2. The third-order valence-electron chi connectivity index (χ3n) is 4.90. The van der Waals surface area contributed by atoms with E-state index in [2.05, 4.69) is 15.0 Å². The predicted molar refractivity (Wildman–Crippen MR) is 90.7 cm³/mol. The van der Waals surface area contributed by atoms with Crippen molar-refractivity contribution >= 4 is 11.8 Å². The van der Waals surface area contributed by atoms with Crippen LogP contribution in [0.3, 0.4) is 0 Å². The summed E-state index contributed by atoms with van der Waals surface area (Å²) < 4.78 is 51.3. The minimum absolute atomic E-state index is 0.00584. The molecule has 27 heavy (non-hydrogen) atoms. The van der Waals surface area contributed by atoms with Crippen molar-refractivity contribution in [2.75, 3.05) is 7.11 Å². The fourth-order valence-corrected chi connectivity index (χ4v) is 4.15. The van der Waals surface area contributed by atoms with Crippen LogP contribution in [-0.4, -0.2) is 28.2 Å². The Kier molecular flexibility index (Phi) is 4.42. The van der Waals surface area contributed by atoms with Crippen LogP contribution in [0.2, 0.25) is 0 Å². The van der Waals surface area contributed by atoms with E-state index in [0.29, 0.717) is 27.7 Å². The molecule has 1 saturated carbocycles. The van der Waals surface area contributed by atoms with Crippen LogP contribution in [0.4, 0.5) is 13.2 Å². The number of methoxy groups -OCH3 is 1. The summed E-state index contributed by atoms with van der Waals surface area (Å²) in [6.45, 7) is 0.475. The van der Waals surface area contributed by atoms with Crippen molar-refractivity contribution in [1.29, 1.82) is 0 Å². The summed E-state index contributed by atoms with van der Waals surface area (Å²) in [5, 5.41) is 0.331. The fourth-order valence-electron chi connectivity index (χ4n) is 3.25. The average Bonchev–Trinajstić information content (AvgIpc) is 3.31. The number of H-pyrrole nitrogens is 1. The Morgan fingerprint density at radius 1 is 1.37 bits per heavy atom. The Hall–Kier alpha value is -2.07. The number of hydrogen-bond acceptors (Lipinski definition) is 6. The molecule has 3 heterocycles. The van der Waals surface area contributed by atoms with Gasteiger partial charge in [-0.2, -0.15) is 13.2 Å². The minimum atomic E-state index is -4.37. The van der Waals surface area contributed by atoms with Gasteiger partial charge < -0.3 is 14.5 Å². The molecule has 1 N–H and O–H groups in total. The Bertz CT molecular complexity index is 941. The first-order valence-electron chi connectivity index (χ1n) is 8.27. The molecule has 0 bridgehead atoms. The van der Waals surface area contributed by atoms with E-state index in [9.17, 15) is 18.0 Å². The number of nitrogens with one attached hydrogen (secondary N) is 1. The van der Waals surface area contributed by atoms with Crippen LogP contribution in [0.5, 0.6) is 5.75 Å². The van der Waals surface area contributed by atoms with Crippen LogP contribution in [0.25, 0.3) is 0 Å². The van der Waals surface area contributed by atoms with Gasteiger partial charge in [-0.05, 0) is 18.9 Å². The molecule has 10 heteroatoms. The summed E-state index contributed by atoms with van der Waals surface area (Å²) in [6, 6.07) is 1.54. The molecule has 0 amide bonds. The first-order valence-corrected chi connectivity index (χ1v) is 9.26. The van der Waals surface area contributed by atoms with Gasteiger partial charge in [0.25, 0.3) is 5.56 Å². The van der Waals surface area contributed by atoms with Gasteiger partial charge >= 0.3 is 6.18 Å². The van der Waals surface area contributed by atoms with E-state index in [1.165, 1.54) is 13.3 Å². The van der Waals surface area contributed by atoms with E-state index in [1.54, 1.807) is 6.07 Å². The highest BCUT2D eigenvalue weighted by Gasteiger charge is 2.66. The number of thioether (sulfide) groups is 1. The normalized spacial score (nSPS) is 17.6. The number of nitrogens with zero attached hydrogens (tertiary/aromatic N) is 2. The van der Waals surface area contributed by atoms with Gasteiger partial charge in [-0.25, -0.2) is 4.98 Å². The Morgan fingerprint density at radius 2 is 2.15 bits per heavy atom. The van der Waals surface area contributed by atoms with Gasteiger partial charge in [0.1, 0.15) is 11.2 Å². The van der Waals surface area contributed by atoms with E-state index in [1.807, 2.05) is 0 Å². The van der Waals surface area contributed by atoms with Crippen molar-refractivity contribution < 1.29 is 22.6 Å². The standard InChI is InChI=1S/C17H16F3N3O3S/c1-25-12-2-5-21-13(16(3-4-16)17(18,19)20)10(12)8-27-15-22-11-7-26-6-9(11)14(24)23-15/h2,5H,3-4,6-8H2,1H3,(H,22,23,24). The van der Waals surface area contributed by atoms with Crippen LogP contribution in [0.15, 0.2) is 22.2 Å². The molecule has 2 aliphatic rings. The lowest BCUT2D eigenvalue weighted by atomic mass is 9.96. The quantitative estimate of drug-likeness (QED) is 0.615. The van der Waals surface area contributed by atoms with Gasteiger partial charge in [-0.15, -0.1) is 0 Å². The molecule has 4 rings (SSSR count). The van der Waals surface area contributed by atoms with E-state index < -0.39 is 11.6 Å². The first-order chi connectivity index (χ1) is 12.9. The molecular formula is C17H16F3N3O3S.